The van der Waals surface area contributed by atoms with E-state index in [-0.39, 0.29) is 12.4 Å². The lowest BCUT2D eigenvalue weighted by Gasteiger charge is -2.32. The van der Waals surface area contributed by atoms with Crippen LogP contribution in [0.1, 0.15) is 18.9 Å². The van der Waals surface area contributed by atoms with Gasteiger partial charge >= 0.3 is 0 Å². The van der Waals surface area contributed by atoms with Crippen molar-refractivity contribution in [2.24, 2.45) is 0 Å². The fourth-order valence-electron chi connectivity index (χ4n) is 2.78. The molecule has 1 aromatic carbocycles. The van der Waals surface area contributed by atoms with Gasteiger partial charge in [-0.15, -0.1) is 12.4 Å². The number of benzene rings is 1. The molecule has 2 aliphatic rings. The highest BCUT2D eigenvalue weighted by molar-refractivity contribution is 5.85. The van der Waals surface area contributed by atoms with Crippen LogP contribution in [0.5, 0.6) is 11.5 Å². The molecule has 1 aromatic rings. The van der Waals surface area contributed by atoms with E-state index in [9.17, 15) is 0 Å². The van der Waals surface area contributed by atoms with Crippen molar-refractivity contribution in [3.63, 3.8) is 0 Å². The van der Waals surface area contributed by atoms with Crippen LogP contribution in [0.15, 0.2) is 18.2 Å². The maximum Gasteiger partial charge on any atom is 0.165 e. The molecule has 1 fully saturated rings. The smallest absolute Gasteiger partial charge is 0.165 e. The minimum atomic E-state index is 0. The Bertz CT molecular complexity index is 442. The summed E-state index contributed by atoms with van der Waals surface area (Å²) >= 11 is 0. The van der Waals surface area contributed by atoms with Gasteiger partial charge in [0, 0.05) is 44.2 Å². The van der Waals surface area contributed by atoms with E-state index in [2.05, 4.69) is 29.3 Å². The van der Waals surface area contributed by atoms with Crippen LogP contribution in [0, 0.1) is 0 Å². The topological polar surface area (TPSA) is 33.7 Å². The van der Waals surface area contributed by atoms with Gasteiger partial charge in [-0.05, 0) is 13.0 Å². The first kappa shape index (κ1) is 15.4. The van der Waals surface area contributed by atoms with Gasteiger partial charge in [0.25, 0.3) is 0 Å². The van der Waals surface area contributed by atoms with Gasteiger partial charge in [0.2, 0.25) is 0 Å². The molecular formula is C15H23ClN2O2. The average Bonchev–Trinajstić information content (AvgIpc) is 2.65. The summed E-state index contributed by atoms with van der Waals surface area (Å²) in [4.78, 5) is 2.48. The van der Waals surface area contributed by atoms with Crippen molar-refractivity contribution in [1.29, 1.82) is 0 Å². The first-order valence-corrected chi connectivity index (χ1v) is 7.16. The Morgan fingerprint density at radius 3 is 3.00 bits per heavy atom. The molecule has 20 heavy (non-hydrogen) atoms. The van der Waals surface area contributed by atoms with Crippen LogP contribution in [0.25, 0.3) is 0 Å². The monoisotopic (exact) mass is 298 g/mol. The second kappa shape index (κ2) is 7.16. The maximum atomic E-state index is 5.88. The molecule has 0 bridgehead atoms. The molecule has 0 radical (unpaired) electrons. The Morgan fingerprint density at radius 2 is 2.15 bits per heavy atom. The molecule has 1 N–H and O–H groups in total. The average molecular weight is 299 g/mol. The van der Waals surface area contributed by atoms with Gasteiger partial charge in [-0.3, -0.25) is 4.90 Å². The van der Waals surface area contributed by atoms with E-state index in [1.54, 1.807) is 0 Å². The van der Waals surface area contributed by atoms with E-state index in [0.29, 0.717) is 6.04 Å². The molecule has 2 aliphatic heterocycles. The van der Waals surface area contributed by atoms with Crippen LogP contribution in [0.2, 0.25) is 0 Å². The third-order valence-electron chi connectivity index (χ3n) is 3.70. The van der Waals surface area contributed by atoms with Gasteiger partial charge in [0.15, 0.2) is 11.5 Å². The van der Waals surface area contributed by atoms with Crippen molar-refractivity contribution in [2.45, 2.75) is 25.9 Å². The molecule has 3 rings (SSSR count). The van der Waals surface area contributed by atoms with Crippen molar-refractivity contribution in [1.82, 2.24) is 10.2 Å². The number of hydrogen-bond donors (Lipinski definition) is 1. The summed E-state index contributed by atoms with van der Waals surface area (Å²) < 4.78 is 11.6. The number of halogens is 1. The molecule has 1 atom stereocenters. The Kier molecular flexibility index (Phi) is 5.52. The van der Waals surface area contributed by atoms with Crippen LogP contribution in [0.3, 0.4) is 0 Å². The second-order valence-corrected chi connectivity index (χ2v) is 5.39. The highest BCUT2D eigenvalue weighted by atomic mass is 35.5. The zero-order valence-corrected chi connectivity index (χ0v) is 12.7. The number of piperazine rings is 1. The summed E-state index contributed by atoms with van der Waals surface area (Å²) in [5.41, 5.74) is 1.24. The standard InChI is InChI=1S/C15H22N2O2.ClH/c1-12-10-17(7-6-16-12)11-13-4-2-5-14-15(13)19-9-3-8-18-14;/h2,4-5,12,16H,3,6-11H2,1H3;1H/t12-;/m0./s1. The highest BCUT2D eigenvalue weighted by Gasteiger charge is 2.19. The predicted molar refractivity (Wildman–Crippen MR) is 82.0 cm³/mol. The van der Waals surface area contributed by atoms with Gasteiger partial charge < -0.3 is 14.8 Å². The molecule has 1 saturated heterocycles. The summed E-state index contributed by atoms with van der Waals surface area (Å²) in [7, 11) is 0. The summed E-state index contributed by atoms with van der Waals surface area (Å²) in [6.07, 6.45) is 0.957. The number of fused-ring (bicyclic) bond motifs is 1. The molecule has 5 heteroatoms. The number of hydrogen-bond acceptors (Lipinski definition) is 4. The highest BCUT2D eigenvalue weighted by Crippen LogP contribution is 2.34. The van der Waals surface area contributed by atoms with Crippen LogP contribution in [0.4, 0.5) is 0 Å². The first-order valence-electron chi connectivity index (χ1n) is 7.16. The van der Waals surface area contributed by atoms with Gasteiger partial charge in [-0.2, -0.15) is 0 Å². The quantitative estimate of drug-likeness (QED) is 0.906. The van der Waals surface area contributed by atoms with E-state index in [0.717, 1.165) is 57.3 Å². The zero-order valence-electron chi connectivity index (χ0n) is 11.9. The number of ether oxygens (including phenoxy) is 2. The van der Waals surface area contributed by atoms with Crippen molar-refractivity contribution in [3.05, 3.63) is 23.8 Å². The molecule has 2 heterocycles. The lowest BCUT2D eigenvalue weighted by Crippen LogP contribution is -2.48. The van der Waals surface area contributed by atoms with E-state index in [1.807, 2.05) is 6.07 Å². The molecule has 4 nitrogen and oxygen atoms in total. The van der Waals surface area contributed by atoms with Crippen LogP contribution in [-0.2, 0) is 6.54 Å². The molecule has 0 amide bonds. The third-order valence-corrected chi connectivity index (χ3v) is 3.70. The largest absolute Gasteiger partial charge is 0.490 e. The van der Waals surface area contributed by atoms with Crippen LogP contribution in [-0.4, -0.2) is 43.8 Å². The molecule has 0 aromatic heterocycles. The first-order chi connectivity index (χ1) is 9.33. The molecule has 0 saturated carbocycles. The number of nitrogens with one attached hydrogen (secondary N) is 1. The van der Waals surface area contributed by atoms with Gasteiger partial charge in [0.05, 0.1) is 13.2 Å². The summed E-state index contributed by atoms with van der Waals surface area (Å²) in [5.74, 6) is 1.85. The fraction of sp³-hybridized carbons (Fsp3) is 0.600. The summed E-state index contributed by atoms with van der Waals surface area (Å²) in [5, 5.41) is 3.47. The molecule has 0 spiro atoms. The molecule has 0 unspecified atom stereocenters. The van der Waals surface area contributed by atoms with E-state index in [1.165, 1.54) is 5.56 Å². The third kappa shape index (κ3) is 3.57. The second-order valence-electron chi connectivity index (χ2n) is 5.39. The molecule has 112 valence electrons. The van der Waals surface area contributed by atoms with E-state index < -0.39 is 0 Å². The summed E-state index contributed by atoms with van der Waals surface area (Å²) in [6.45, 7) is 7.92. The van der Waals surface area contributed by atoms with E-state index in [4.69, 9.17) is 9.47 Å². The van der Waals surface area contributed by atoms with Gasteiger partial charge in [-0.1, -0.05) is 12.1 Å². The SMILES string of the molecule is C[C@H]1CN(Cc2cccc3c2OCCCO3)CCN1.Cl. The normalized spacial score (nSPS) is 22.8. The lowest BCUT2D eigenvalue weighted by atomic mass is 10.1. The Hall–Kier alpha value is -0.970. The van der Waals surface area contributed by atoms with Gasteiger partial charge in [-0.25, -0.2) is 0 Å². The fourth-order valence-corrected chi connectivity index (χ4v) is 2.78. The summed E-state index contributed by atoms with van der Waals surface area (Å²) in [6, 6.07) is 6.78. The minimum absolute atomic E-state index is 0. The van der Waals surface area contributed by atoms with Gasteiger partial charge in [0.1, 0.15) is 0 Å². The van der Waals surface area contributed by atoms with Crippen molar-refractivity contribution in [2.75, 3.05) is 32.8 Å². The van der Waals surface area contributed by atoms with Crippen LogP contribution >= 0.6 is 12.4 Å². The number of para-hydroxylation sites is 1. The van der Waals surface area contributed by atoms with Crippen molar-refractivity contribution in [3.8, 4) is 11.5 Å². The molecular weight excluding hydrogens is 276 g/mol. The zero-order chi connectivity index (χ0) is 13.1. The molecule has 0 aliphatic carbocycles. The predicted octanol–water partition coefficient (Wildman–Crippen LogP) is 2.06. The Balaban J connectivity index is 0.00000147. The Labute approximate surface area is 126 Å². The maximum absolute atomic E-state index is 5.88. The number of nitrogens with zero attached hydrogens (tertiary/aromatic N) is 1. The van der Waals surface area contributed by atoms with Crippen LogP contribution < -0.4 is 14.8 Å². The lowest BCUT2D eigenvalue weighted by molar-refractivity contribution is 0.196. The van der Waals surface area contributed by atoms with Crippen molar-refractivity contribution < 1.29 is 9.47 Å². The van der Waals surface area contributed by atoms with Crippen molar-refractivity contribution >= 4 is 12.4 Å². The van der Waals surface area contributed by atoms with E-state index >= 15 is 0 Å². The Morgan fingerprint density at radius 1 is 1.30 bits per heavy atom. The minimum Gasteiger partial charge on any atom is -0.490 e. The number of rotatable bonds is 2.